The van der Waals surface area contributed by atoms with E-state index in [0.29, 0.717) is 17.8 Å². The van der Waals surface area contributed by atoms with Gasteiger partial charge in [-0.1, -0.05) is 23.9 Å². The lowest BCUT2D eigenvalue weighted by Crippen LogP contribution is -2.23. The zero-order chi connectivity index (χ0) is 15.2. The second-order valence-corrected chi connectivity index (χ2v) is 5.45. The summed E-state index contributed by atoms with van der Waals surface area (Å²) in [6, 6.07) is 13.0. The molecule has 0 bridgehead atoms. The fraction of sp³-hybridized carbons (Fsp3) is 0.188. The van der Waals surface area contributed by atoms with Crippen molar-refractivity contribution >= 4 is 23.4 Å². The van der Waals surface area contributed by atoms with E-state index in [2.05, 4.69) is 5.32 Å². The van der Waals surface area contributed by atoms with Gasteiger partial charge in [-0.15, -0.1) is 0 Å². The summed E-state index contributed by atoms with van der Waals surface area (Å²) < 4.78 is 5.34. The van der Waals surface area contributed by atoms with Crippen LogP contribution in [0.25, 0.3) is 0 Å². The van der Waals surface area contributed by atoms with Crippen LogP contribution in [0.5, 0.6) is 5.75 Å². The minimum Gasteiger partial charge on any atom is -0.496 e. The normalized spacial score (nSPS) is 10.2. The Morgan fingerprint density at radius 2 is 2.00 bits per heavy atom. The van der Waals surface area contributed by atoms with Crippen LogP contribution in [0.4, 0.5) is 5.69 Å². The molecular weight excluding hydrogens is 284 g/mol. The first-order valence-corrected chi connectivity index (χ1v) is 7.46. The third-order valence-electron chi connectivity index (χ3n) is 2.88. The number of carbonyl (C=O) groups is 1. The number of amides is 1. The largest absolute Gasteiger partial charge is 0.496 e. The van der Waals surface area contributed by atoms with Gasteiger partial charge in [0.05, 0.1) is 17.6 Å². The van der Waals surface area contributed by atoms with Crippen molar-refractivity contribution in [3.63, 3.8) is 0 Å². The van der Waals surface area contributed by atoms with Gasteiger partial charge in [-0.3, -0.25) is 4.79 Å². The van der Waals surface area contributed by atoms with Gasteiger partial charge in [-0.2, -0.15) is 0 Å². The highest BCUT2D eigenvalue weighted by Crippen LogP contribution is 2.37. The van der Waals surface area contributed by atoms with Crippen LogP contribution in [0, 0.1) is 0 Å². The highest BCUT2D eigenvalue weighted by molar-refractivity contribution is 7.99. The first-order valence-electron chi connectivity index (χ1n) is 6.64. The van der Waals surface area contributed by atoms with Gasteiger partial charge >= 0.3 is 0 Å². The Hall–Kier alpha value is -2.14. The molecule has 0 saturated heterocycles. The maximum Gasteiger partial charge on any atom is 0.252 e. The first kappa shape index (κ1) is 15.3. The predicted molar refractivity (Wildman–Crippen MR) is 86.0 cm³/mol. The number of nitrogens with one attached hydrogen (secondary N) is 1. The summed E-state index contributed by atoms with van der Waals surface area (Å²) in [7, 11) is 1.63. The number of methoxy groups -OCH3 is 1. The van der Waals surface area contributed by atoms with E-state index in [1.165, 1.54) is 11.8 Å². The Kier molecular flexibility index (Phi) is 5.11. The minimum atomic E-state index is -0.102. The van der Waals surface area contributed by atoms with Crippen LogP contribution in [0.15, 0.2) is 52.3 Å². The summed E-state index contributed by atoms with van der Waals surface area (Å²) in [5, 5.41) is 2.81. The lowest BCUT2D eigenvalue weighted by atomic mass is 10.2. The van der Waals surface area contributed by atoms with Crippen LogP contribution < -0.4 is 15.8 Å². The highest BCUT2D eigenvalue weighted by Gasteiger charge is 2.14. The van der Waals surface area contributed by atoms with E-state index in [-0.39, 0.29) is 5.91 Å². The van der Waals surface area contributed by atoms with Gasteiger partial charge in [-0.25, -0.2) is 0 Å². The molecular formula is C16H18N2O2S. The number of carbonyl (C=O) groups excluding carboxylic acids is 1. The summed E-state index contributed by atoms with van der Waals surface area (Å²) in [6.07, 6.45) is 0. The molecule has 2 rings (SSSR count). The highest BCUT2D eigenvalue weighted by atomic mass is 32.2. The number of nitrogens with two attached hydrogens (primary N) is 1. The quantitative estimate of drug-likeness (QED) is 0.833. The molecule has 0 fully saturated rings. The molecule has 2 aromatic carbocycles. The van der Waals surface area contributed by atoms with Gasteiger partial charge < -0.3 is 15.8 Å². The number of benzene rings is 2. The molecule has 0 aliphatic rings. The Labute approximate surface area is 128 Å². The van der Waals surface area contributed by atoms with Crippen LogP contribution in [0.3, 0.4) is 0 Å². The Balaban J connectivity index is 2.38. The van der Waals surface area contributed by atoms with Gasteiger partial charge in [0.25, 0.3) is 5.91 Å². The number of hydrogen-bond acceptors (Lipinski definition) is 4. The van der Waals surface area contributed by atoms with Crippen molar-refractivity contribution in [2.24, 2.45) is 0 Å². The summed E-state index contributed by atoms with van der Waals surface area (Å²) in [5.74, 6) is 0.668. The van der Waals surface area contributed by atoms with Crippen molar-refractivity contribution < 1.29 is 9.53 Å². The van der Waals surface area contributed by atoms with E-state index in [1.807, 2.05) is 37.3 Å². The van der Waals surface area contributed by atoms with Crippen molar-refractivity contribution in [1.82, 2.24) is 5.32 Å². The van der Waals surface area contributed by atoms with E-state index in [0.717, 1.165) is 15.5 Å². The number of hydrogen-bond donors (Lipinski definition) is 2. The third-order valence-corrected chi connectivity index (χ3v) is 3.99. The zero-order valence-electron chi connectivity index (χ0n) is 12.1. The second kappa shape index (κ2) is 7.04. The van der Waals surface area contributed by atoms with Crippen LogP contribution in [0.2, 0.25) is 0 Å². The predicted octanol–water partition coefficient (Wildman–Crippen LogP) is 3.18. The van der Waals surface area contributed by atoms with E-state index >= 15 is 0 Å². The van der Waals surface area contributed by atoms with Crippen LogP contribution in [-0.4, -0.2) is 19.6 Å². The molecule has 1 amide bonds. The standard InChI is InChI=1S/C16H18N2O2S/c1-3-18-16(19)12-9-8-11(17)10-15(12)21-14-7-5-4-6-13(14)20-2/h4-10H,3,17H2,1-2H3,(H,18,19). The topological polar surface area (TPSA) is 64.4 Å². The van der Waals surface area contributed by atoms with Crippen LogP contribution in [-0.2, 0) is 0 Å². The van der Waals surface area contributed by atoms with Crippen LogP contribution in [0.1, 0.15) is 17.3 Å². The molecule has 3 N–H and O–H groups in total. The molecule has 21 heavy (non-hydrogen) atoms. The summed E-state index contributed by atoms with van der Waals surface area (Å²) in [6.45, 7) is 2.48. The van der Waals surface area contributed by atoms with Gasteiger partial charge in [0.2, 0.25) is 0 Å². The summed E-state index contributed by atoms with van der Waals surface area (Å²) in [4.78, 5) is 13.9. The van der Waals surface area contributed by atoms with Crippen molar-refractivity contribution in [2.45, 2.75) is 16.7 Å². The molecule has 4 nitrogen and oxygen atoms in total. The van der Waals surface area contributed by atoms with E-state index in [9.17, 15) is 4.79 Å². The fourth-order valence-corrected chi connectivity index (χ4v) is 2.99. The van der Waals surface area contributed by atoms with Gasteiger partial charge in [0.1, 0.15) is 5.75 Å². The smallest absolute Gasteiger partial charge is 0.252 e. The maximum atomic E-state index is 12.1. The number of ether oxygens (including phenoxy) is 1. The number of rotatable bonds is 5. The number of anilines is 1. The molecule has 0 unspecified atom stereocenters. The summed E-state index contributed by atoms with van der Waals surface area (Å²) in [5.41, 5.74) is 7.09. The molecule has 0 atom stereocenters. The molecule has 0 aliphatic carbocycles. The monoisotopic (exact) mass is 302 g/mol. The fourth-order valence-electron chi connectivity index (χ4n) is 1.89. The maximum absolute atomic E-state index is 12.1. The molecule has 110 valence electrons. The average molecular weight is 302 g/mol. The Morgan fingerprint density at radius 1 is 1.24 bits per heavy atom. The molecule has 0 aromatic heterocycles. The Morgan fingerprint density at radius 3 is 2.71 bits per heavy atom. The average Bonchev–Trinajstić information content (AvgIpc) is 2.48. The number of nitrogen functional groups attached to an aromatic ring is 1. The molecule has 0 saturated carbocycles. The summed E-state index contributed by atoms with van der Waals surface area (Å²) >= 11 is 1.47. The zero-order valence-corrected chi connectivity index (χ0v) is 12.9. The van der Waals surface area contributed by atoms with Crippen molar-refractivity contribution in [3.05, 3.63) is 48.0 Å². The van der Waals surface area contributed by atoms with E-state index in [1.54, 1.807) is 19.2 Å². The van der Waals surface area contributed by atoms with E-state index in [4.69, 9.17) is 10.5 Å². The van der Waals surface area contributed by atoms with Crippen LogP contribution >= 0.6 is 11.8 Å². The molecule has 0 radical (unpaired) electrons. The number of para-hydroxylation sites is 1. The van der Waals surface area contributed by atoms with Crippen molar-refractivity contribution in [2.75, 3.05) is 19.4 Å². The SMILES string of the molecule is CCNC(=O)c1ccc(N)cc1Sc1ccccc1OC. The molecule has 2 aromatic rings. The van der Waals surface area contributed by atoms with Crippen molar-refractivity contribution in [1.29, 1.82) is 0 Å². The molecule has 0 spiro atoms. The van der Waals surface area contributed by atoms with Gasteiger partial charge in [0.15, 0.2) is 0 Å². The third kappa shape index (κ3) is 3.70. The Bertz CT molecular complexity index is 644. The lowest BCUT2D eigenvalue weighted by molar-refractivity contribution is 0.0953. The molecule has 0 aliphatic heterocycles. The minimum absolute atomic E-state index is 0.102. The first-order chi connectivity index (χ1) is 10.2. The van der Waals surface area contributed by atoms with Gasteiger partial charge in [0, 0.05) is 17.1 Å². The van der Waals surface area contributed by atoms with Gasteiger partial charge in [-0.05, 0) is 37.3 Å². The second-order valence-electron chi connectivity index (χ2n) is 4.37. The molecule has 5 heteroatoms. The molecule has 0 heterocycles. The van der Waals surface area contributed by atoms with E-state index < -0.39 is 0 Å². The van der Waals surface area contributed by atoms with Crippen molar-refractivity contribution in [3.8, 4) is 5.75 Å². The lowest BCUT2D eigenvalue weighted by Gasteiger charge is -2.12.